The lowest BCUT2D eigenvalue weighted by atomic mass is 9.83. The maximum atomic E-state index is 14.9. The smallest absolute Gasteiger partial charge is 0.357 e. The van der Waals surface area contributed by atoms with E-state index in [1.165, 1.54) is 35.6 Å². The number of nitrogens with zero attached hydrogens (tertiary/aromatic N) is 2. The van der Waals surface area contributed by atoms with Crippen LogP contribution >= 0.6 is 23.6 Å². The van der Waals surface area contributed by atoms with E-state index in [0.717, 1.165) is 5.56 Å². The molecule has 1 fully saturated rings. The molecule has 254 valence electrons. The lowest BCUT2D eigenvalue weighted by Gasteiger charge is -2.41. The van der Waals surface area contributed by atoms with Crippen molar-refractivity contribution in [2.45, 2.75) is 90.8 Å². The summed E-state index contributed by atoms with van der Waals surface area (Å²) in [6.45, 7) is 15.7. The van der Waals surface area contributed by atoms with Crippen molar-refractivity contribution in [2.24, 2.45) is 11.8 Å². The Balaban J connectivity index is 1.82. The van der Waals surface area contributed by atoms with Gasteiger partial charge in [0.25, 0.3) is 5.91 Å². The molecule has 0 unspecified atom stereocenters. The number of likely N-dealkylation sites (tertiary alicyclic amines) is 1. The maximum absolute atomic E-state index is 14.9. The Morgan fingerprint density at radius 1 is 1.11 bits per heavy atom. The molecule has 2 heterocycles. The van der Waals surface area contributed by atoms with Crippen molar-refractivity contribution in [1.29, 1.82) is 0 Å². The predicted octanol–water partition coefficient (Wildman–Crippen LogP) is 8.30. The number of carbonyl (C=O) groups excluding carboxylic acids is 2. The molecule has 2 aromatic carbocycles. The van der Waals surface area contributed by atoms with Crippen LogP contribution in [0.5, 0.6) is 11.5 Å². The van der Waals surface area contributed by atoms with Crippen molar-refractivity contribution in [2.75, 3.05) is 13.7 Å². The van der Waals surface area contributed by atoms with Gasteiger partial charge in [-0.3, -0.25) is 4.79 Å². The molecule has 1 amide bonds. The fraction of sp³-hybridized carbons (Fsp3) is 0.500. The molecule has 0 aliphatic carbocycles. The normalized spacial score (nSPS) is 19.9. The minimum Gasteiger partial charge on any atom is -0.496 e. The van der Waals surface area contributed by atoms with E-state index in [9.17, 15) is 14.0 Å². The number of esters is 1. The number of hydrogen-bond donors (Lipinski definition) is 0. The van der Waals surface area contributed by atoms with E-state index in [-0.39, 0.29) is 35.5 Å². The van der Waals surface area contributed by atoms with Crippen LogP contribution in [-0.4, -0.2) is 51.9 Å². The molecule has 1 aromatic heterocycles. The molecule has 1 aliphatic heterocycles. The molecule has 0 bridgehead atoms. The van der Waals surface area contributed by atoms with Gasteiger partial charge in [0, 0.05) is 35.3 Å². The number of methoxy groups -OCH3 is 1. The summed E-state index contributed by atoms with van der Waals surface area (Å²) in [6.07, 6.45) is 2.27. The predicted molar refractivity (Wildman–Crippen MR) is 184 cm³/mol. The Morgan fingerprint density at radius 2 is 1.79 bits per heavy atom. The molecular formula is C36H45FN2O6S2. The molecule has 3 atom stereocenters. The van der Waals surface area contributed by atoms with Gasteiger partial charge in [-0.05, 0) is 86.9 Å². The molecule has 3 aromatic rings. The minimum absolute atomic E-state index is 0.0233. The summed E-state index contributed by atoms with van der Waals surface area (Å²) in [7, 11) is 1.58. The van der Waals surface area contributed by atoms with E-state index >= 15 is 0 Å². The Morgan fingerprint density at radius 3 is 2.34 bits per heavy atom. The van der Waals surface area contributed by atoms with Gasteiger partial charge in [-0.25, -0.2) is 14.2 Å². The molecule has 0 N–H and O–H groups in total. The van der Waals surface area contributed by atoms with Crippen LogP contribution in [-0.2, 0) is 19.7 Å². The van der Waals surface area contributed by atoms with Crippen LogP contribution in [0.1, 0.15) is 95.2 Å². The molecule has 47 heavy (non-hydrogen) atoms. The van der Waals surface area contributed by atoms with Crippen molar-refractivity contribution in [1.82, 2.24) is 9.88 Å². The van der Waals surface area contributed by atoms with E-state index in [4.69, 9.17) is 31.2 Å². The van der Waals surface area contributed by atoms with E-state index < -0.39 is 34.9 Å². The highest BCUT2D eigenvalue weighted by molar-refractivity contribution is 7.79. The first-order chi connectivity index (χ1) is 21.9. The number of halogens is 1. The number of carbonyl (C=O) groups is 2. The second kappa shape index (κ2) is 14.3. The second-order valence-corrected chi connectivity index (χ2v) is 15.6. The maximum Gasteiger partial charge on any atom is 0.357 e. The van der Waals surface area contributed by atoms with Crippen LogP contribution in [0.3, 0.4) is 0 Å². The van der Waals surface area contributed by atoms with Gasteiger partial charge in [-0.15, -0.1) is 11.3 Å². The number of aromatic nitrogens is 1. The molecular weight excluding hydrogens is 640 g/mol. The third-order valence-corrected chi connectivity index (χ3v) is 8.97. The Labute approximate surface area is 286 Å². The zero-order valence-corrected chi connectivity index (χ0v) is 30.2. The van der Waals surface area contributed by atoms with Gasteiger partial charge in [0.1, 0.15) is 33.5 Å². The summed E-state index contributed by atoms with van der Waals surface area (Å²) in [4.78, 5) is 35.7. The molecule has 8 nitrogen and oxygen atoms in total. The summed E-state index contributed by atoms with van der Waals surface area (Å²) >= 11 is 6.78. The topological polar surface area (TPSA) is 87.2 Å². The van der Waals surface area contributed by atoms with Gasteiger partial charge in [0.2, 0.25) is 0 Å². The van der Waals surface area contributed by atoms with Crippen LogP contribution in [0.15, 0.2) is 54.0 Å². The average Bonchev–Trinajstić information content (AvgIpc) is 3.61. The highest BCUT2D eigenvalue weighted by Gasteiger charge is 2.61. The van der Waals surface area contributed by atoms with Crippen LogP contribution < -0.4 is 9.47 Å². The molecule has 11 heteroatoms. The van der Waals surface area contributed by atoms with E-state index in [1.54, 1.807) is 30.3 Å². The van der Waals surface area contributed by atoms with Crippen molar-refractivity contribution in [3.8, 4) is 11.5 Å². The monoisotopic (exact) mass is 684 g/mol. The molecule has 4 rings (SSSR count). The van der Waals surface area contributed by atoms with Crippen molar-refractivity contribution in [3.63, 3.8) is 0 Å². The van der Waals surface area contributed by atoms with Gasteiger partial charge in [-0.1, -0.05) is 40.7 Å². The molecule has 1 aliphatic rings. The first-order valence-corrected chi connectivity index (χ1v) is 17.0. The number of hydrogen-bond acceptors (Lipinski definition) is 9. The van der Waals surface area contributed by atoms with E-state index in [2.05, 4.69) is 25.8 Å². The number of thiazole rings is 1. The van der Waals surface area contributed by atoms with Crippen molar-refractivity contribution < 1.29 is 32.9 Å². The third kappa shape index (κ3) is 8.48. The number of amides is 1. The number of rotatable bonds is 9. The van der Waals surface area contributed by atoms with Gasteiger partial charge in [-0.2, -0.15) is 0 Å². The Kier molecular flexibility index (Phi) is 11.0. The third-order valence-electron chi connectivity index (χ3n) is 7.92. The average molecular weight is 685 g/mol. The first-order valence-electron chi connectivity index (χ1n) is 15.7. The lowest BCUT2D eigenvalue weighted by molar-refractivity contribution is -0.168. The summed E-state index contributed by atoms with van der Waals surface area (Å²) < 4.78 is 36.9. The Hall–Kier alpha value is -3.57. The van der Waals surface area contributed by atoms with Crippen molar-refractivity contribution >= 4 is 40.7 Å². The van der Waals surface area contributed by atoms with Gasteiger partial charge in [0.05, 0.1) is 19.8 Å². The number of benzene rings is 2. The van der Waals surface area contributed by atoms with E-state index in [0.29, 0.717) is 28.5 Å². The number of thiocarbonyl (C=S) groups is 1. The van der Waals surface area contributed by atoms with E-state index in [1.807, 2.05) is 46.1 Å². The zero-order valence-electron chi connectivity index (χ0n) is 28.6. The van der Waals surface area contributed by atoms with Crippen LogP contribution in [0.25, 0.3) is 0 Å². The lowest BCUT2D eigenvalue weighted by Crippen LogP contribution is -2.56. The summed E-state index contributed by atoms with van der Waals surface area (Å²) in [5, 5.41) is 2.34. The molecule has 1 saturated heterocycles. The highest BCUT2D eigenvalue weighted by atomic mass is 32.1. The fourth-order valence-corrected chi connectivity index (χ4v) is 7.15. The minimum atomic E-state index is -1.35. The van der Waals surface area contributed by atoms with Crippen LogP contribution in [0, 0.1) is 17.7 Å². The molecule has 0 radical (unpaired) electrons. The highest BCUT2D eigenvalue weighted by Crippen LogP contribution is 2.52. The van der Waals surface area contributed by atoms with Crippen LogP contribution in [0.4, 0.5) is 4.39 Å². The molecule has 0 saturated carbocycles. The Bertz CT molecular complexity index is 1560. The molecule has 0 spiro atoms. The zero-order chi connectivity index (χ0) is 34.7. The summed E-state index contributed by atoms with van der Waals surface area (Å²) in [6, 6.07) is 10.2. The quantitative estimate of drug-likeness (QED) is 0.164. The first kappa shape index (κ1) is 36.3. The standard InChI is InChI=1S/C36H45FN2O6S2/c1-22(2)19-36(32(41)45-35(6,7)8)20-24(21-43-33(46)44-26-13-11-25(37)12-14-26)29(30-38-16-17-47-30)39(36)31(40)23-10-15-27(34(3,4)5)28(18-23)42-9/h10-18,22,24,29H,19-21H2,1-9H3/t24-,29+,36-/m0/s1. The van der Waals surface area contributed by atoms with Crippen molar-refractivity contribution in [3.05, 3.63) is 76.0 Å². The van der Waals surface area contributed by atoms with Gasteiger partial charge < -0.3 is 23.8 Å². The van der Waals surface area contributed by atoms with Crippen LogP contribution in [0.2, 0.25) is 0 Å². The fourth-order valence-electron chi connectivity index (χ4n) is 6.17. The summed E-state index contributed by atoms with van der Waals surface area (Å²) in [5.41, 5.74) is -1.04. The van der Waals surface area contributed by atoms with Gasteiger partial charge >= 0.3 is 11.2 Å². The second-order valence-electron chi connectivity index (χ2n) is 14.4. The van der Waals surface area contributed by atoms with Gasteiger partial charge in [0.15, 0.2) is 0 Å². The largest absolute Gasteiger partial charge is 0.496 e. The summed E-state index contributed by atoms with van der Waals surface area (Å²) in [5.74, 6) is -0.713. The SMILES string of the molecule is COc1cc(C(=O)N2[C@@H](c3nccs3)[C@H](COC(=S)Oc3ccc(F)cc3)C[C@@]2(CC(C)C)C(=O)OC(C)(C)C)ccc1C(C)(C)C. The number of ether oxygens (including phenoxy) is 4.